The molecule has 0 saturated heterocycles. The number of pyridine rings is 4. The minimum Gasteiger partial charge on any atom is -0.327 e. The summed E-state index contributed by atoms with van der Waals surface area (Å²) in [5, 5.41) is 6.26. The van der Waals surface area contributed by atoms with Crippen molar-refractivity contribution in [1.29, 1.82) is 0 Å². The lowest BCUT2D eigenvalue weighted by atomic mass is 9.99. The third-order valence-electron chi connectivity index (χ3n) is 9.75. The zero-order valence-corrected chi connectivity index (χ0v) is 36.6. The molecule has 0 fully saturated rings. The Morgan fingerprint density at radius 3 is 1.91 bits per heavy atom. The quantitative estimate of drug-likeness (QED) is 0.174. The molecule has 0 bridgehead atoms. The van der Waals surface area contributed by atoms with Gasteiger partial charge in [-0.1, -0.05) is 110 Å². The lowest BCUT2D eigenvalue weighted by Gasteiger charge is -2.08. The van der Waals surface area contributed by atoms with Crippen molar-refractivity contribution in [1.82, 2.24) is 33.9 Å². The molecular formula is C50H59N7S. The Hall–Kier alpha value is -5.73. The van der Waals surface area contributed by atoms with Crippen LogP contribution in [0.3, 0.4) is 0 Å². The Labute approximate surface area is 348 Å². The number of nitrogens with zero attached hydrogens (tertiary/aromatic N) is 7. The first-order valence-corrected chi connectivity index (χ1v) is 21.2. The van der Waals surface area contributed by atoms with Crippen molar-refractivity contribution >= 4 is 49.0 Å². The molecule has 0 aliphatic rings. The van der Waals surface area contributed by atoms with Gasteiger partial charge >= 0.3 is 0 Å². The van der Waals surface area contributed by atoms with E-state index in [-0.39, 0.29) is 0 Å². The fourth-order valence-electron chi connectivity index (χ4n) is 6.42. The molecule has 7 heterocycles. The Kier molecular flexibility index (Phi) is 15.8. The summed E-state index contributed by atoms with van der Waals surface area (Å²) in [4.78, 5) is 20.9. The third-order valence-corrected chi connectivity index (χ3v) is 10.7. The van der Waals surface area contributed by atoms with Gasteiger partial charge in [0, 0.05) is 65.2 Å². The standard InChI is InChI=1S/C12H13N.C11H12S.C10H12N2.C9H11N3.C8H11N/c1-9(2)12-8-13-7-10-5-3-4-6-11(10)12;1-8(2)10-7-12-11-6-4-3-5-9(10)11;1-8(2)9-7-11-10-5-3-4-6-12(9)10;1-7(2)12-6-11-9-8(12)4-3-5-10-9;1-7(2)8-4-3-5-9-6-8/h3-9H,1-2H3;2*3-8H,1-2H3;3-7H,1-2H3;3-7H,1-2H3. The molecule has 0 amide bonds. The van der Waals surface area contributed by atoms with Gasteiger partial charge in [-0.3, -0.25) is 9.97 Å². The molecule has 58 heavy (non-hydrogen) atoms. The minimum atomic E-state index is 0.444. The van der Waals surface area contributed by atoms with Crippen LogP contribution >= 0.6 is 11.3 Å². The monoisotopic (exact) mass is 789 g/mol. The molecular weight excluding hydrogens is 731 g/mol. The van der Waals surface area contributed by atoms with Gasteiger partial charge in [0.25, 0.3) is 0 Å². The molecule has 300 valence electrons. The van der Waals surface area contributed by atoms with Crippen molar-refractivity contribution in [3.8, 4) is 0 Å². The Morgan fingerprint density at radius 1 is 0.534 bits per heavy atom. The van der Waals surface area contributed by atoms with Gasteiger partial charge < -0.3 is 8.97 Å². The lowest BCUT2D eigenvalue weighted by Crippen LogP contribution is -1.97. The number of fused-ring (bicyclic) bond motifs is 4. The van der Waals surface area contributed by atoms with Crippen LogP contribution in [0.4, 0.5) is 0 Å². The number of imidazole rings is 2. The maximum Gasteiger partial charge on any atom is 0.177 e. The number of hydrogen-bond acceptors (Lipinski definition) is 6. The summed E-state index contributed by atoms with van der Waals surface area (Å²) in [7, 11) is 0. The van der Waals surface area contributed by atoms with Crippen LogP contribution in [0.15, 0.2) is 146 Å². The summed E-state index contributed by atoms with van der Waals surface area (Å²) in [6, 6.07) is 31.5. The highest BCUT2D eigenvalue weighted by atomic mass is 32.1. The van der Waals surface area contributed by atoms with Gasteiger partial charge in [0.2, 0.25) is 0 Å². The summed E-state index contributed by atoms with van der Waals surface area (Å²) < 4.78 is 5.65. The van der Waals surface area contributed by atoms with Gasteiger partial charge in [-0.2, -0.15) is 0 Å². The van der Waals surface area contributed by atoms with E-state index in [2.05, 4.69) is 163 Å². The van der Waals surface area contributed by atoms with Crippen molar-refractivity contribution in [2.75, 3.05) is 0 Å². The van der Waals surface area contributed by atoms with Gasteiger partial charge in [-0.05, 0) is 107 Å². The van der Waals surface area contributed by atoms with E-state index in [1.807, 2.05) is 84.9 Å². The van der Waals surface area contributed by atoms with Crippen LogP contribution < -0.4 is 0 Å². The average Bonchev–Trinajstić information content (AvgIpc) is 3.99. The third kappa shape index (κ3) is 11.4. The predicted molar refractivity (Wildman–Crippen MR) is 247 cm³/mol. The van der Waals surface area contributed by atoms with Gasteiger partial charge in [0.1, 0.15) is 5.65 Å². The minimum absolute atomic E-state index is 0.444. The number of hydrogen-bond donors (Lipinski definition) is 0. The lowest BCUT2D eigenvalue weighted by molar-refractivity contribution is 0.617. The van der Waals surface area contributed by atoms with Gasteiger partial charge in [0.05, 0.1) is 11.8 Å². The molecule has 0 spiro atoms. The Bertz CT molecular complexity index is 2390. The van der Waals surface area contributed by atoms with E-state index in [0.717, 1.165) is 16.8 Å². The zero-order chi connectivity index (χ0) is 41.6. The molecule has 2 aromatic carbocycles. The highest BCUT2D eigenvalue weighted by Crippen LogP contribution is 2.30. The van der Waals surface area contributed by atoms with E-state index in [9.17, 15) is 0 Å². The van der Waals surface area contributed by atoms with Gasteiger partial charge in [-0.25, -0.2) is 15.0 Å². The van der Waals surface area contributed by atoms with E-state index in [0.29, 0.717) is 29.7 Å². The largest absolute Gasteiger partial charge is 0.327 e. The zero-order valence-electron chi connectivity index (χ0n) is 35.8. The molecule has 8 heteroatoms. The number of benzene rings is 2. The van der Waals surface area contributed by atoms with Crippen molar-refractivity contribution in [3.05, 3.63) is 168 Å². The summed E-state index contributed by atoms with van der Waals surface area (Å²) in [5.41, 5.74) is 8.34. The van der Waals surface area contributed by atoms with Crippen molar-refractivity contribution in [3.63, 3.8) is 0 Å². The number of rotatable bonds is 5. The van der Waals surface area contributed by atoms with Crippen LogP contribution in [0.2, 0.25) is 0 Å². The van der Waals surface area contributed by atoms with Crippen LogP contribution in [0.5, 0.6) is 0 Å². The highest BCUT2D eigenvalue weighted by molar-refractivity contribution is 7.17. The van der Waals surface area contributed by atoms with Gasteiger partial charge in [0.15, 0.2) is 5.65 Å². The summed E-state index contributed by atoms with van der Waals surface area (Å²) in [5.74, 6) is 2.31. The number of thiophene rings is 1. The van der Waals surface area contributed by atoms with Crippen LogP contribution in [-0.4, -0.2) is 33.9 Å². The second-order valence-electron chi connectivity index (χ2n) is 15.7. The van der Waals surface area contributed by atoms with E-state index >= 15 is 0 Å². The molecule has 0 radical (unpaired) electrons. The molecule has 0 aliphatic heterocycles. The van der Waals surface area contributed by atoms with Crippen molar-refractivity contribution < 1.29 is 0 Å². The first-order valence-electron chi connectivity index (χ1n) is 20.3. The molecule has 0 aliphatic carbocycles. The second kappa shape index (κ2) is 21.1. The summed E-state index contributed by atoms with van der Waals surface area (Å²) in [6.45, 7) is 21.8. The molecule has 7 nitrogen and oxygen atoms in total. The molecule has 7 aromatic heterocycles. The van der Waals surface area contributed by atoms with E-state index < -0.39 is 0 Å². The van der Waals surface area contributed by atoms with Crippen LogP contribution in [0.1, 0.15) is 121 Å². The normalized spacial score (nSPS) is 11.0. The smallest absolute Gasteiger partial charge is 0.177 e. The fraction of sp³-hybridized carbons (Fsp3) is 0.300. The topological polar surface area (TPSA) is 73.8 Å². The van der Waals surface area contributed by atoms with Gasteiger partial charge in [-0.15, -0.1) is 11.3 Å². The van der Waals surface area contributed by atoms with Crippen LogP contribution in [0, 0.1) is 0 Å². The van der Waals surface area contributed by atoms with E-state index in [1.165, 1.54) is 43.2 Å². The maximum atomic E-state index is 4.30. The molecule has 0 unspecified atom stereocenters. The molecule has 9 rings (SSSR count). The van der Waals surface area contributed by atoms with Crippen LogP contribution in [-0.2, 0) is 0 Å². The first-order chi connectivity index (χ1) is 28.0. The van der Waals surface area contributed by atoms with E-state index in [4.69, 9.17) is 0 Å². The second-order valence-corrected chi connectivity index (χ2v) is 16.7. The van der Waals surface area contributed by atoms with Crippen molar-refractivity contribution in [2.45, 2.75) is 99.0 Å². The first kappa shape index (κ1) is 43.4. The molecule has 9 aromatic rings. The highest BCUT2D eigenvalue weighted by Gasteiger charge is 2.07. The Morgan fingerprint density at radius 2 is 1.24 bits per heavy atom. The predicted octanol–water partition coefficient (Wildman–Crippen LogP) is 14.1. The van der Waals surface area contributed by atoms with Crippen molar-refractivity contribution in [2.24, 2.45) is 0 Å². The average molecular weight is 790 g/mol. The fourth-order valence-corrected chi connectivity index (χ4v) is 7.55. The molecule has 0 atom stereocenters. The SMILES string of the molecule is CC(C)c1cccnc1.CC(C)c1cnc2ccccn12.CC(C)c1cncc2ccccc12.CC(C)c1csc2ccccc12.CC(C)n1cnc2ncccc21. The van der Waals surface area contributed by atoms with Crippen LogP contribution in [0.25, 0.3) is 37.7 Å². The summed E-state index contributed by atoms with van der Waals surface area (Å²) >= 11 is 1.84. The van der Waals surface area contributed by atoms with E-state index in [1.54, 1.807) is 12.4 Å². The molecule has 0 N–H and O–H groups in total. The maximum absolute atomic E-state index is 4.30. The number of aromatic nitrogens is 7. The summed E-state index contributed by atoms with van der Waals surface area (Å²) in [6.07, 6.45) is 15.2. The molecule has 0 saturated carbocycles. The Balaban J connectivity index is 0.000000139.